The van der Waals surface area contributed by atoms with Gasteiger partial charge in [0.1, 0.15) is 0 Å². The molecule has 1 aromatic rings. The van der Waals surface area contributed by atoms with Crippen LogP contribution in [0.2, 0.25) is 12.1 Å². The van der Waals surface area contributed by atoms with Gasteiger partial charge in [-0.15, -0.1) is 0 Å². The third kappa shape index (κ3) is 1.99. The summed E-state index contributed by atoms with van der Waals surface area (Å²) in [7, 11) is -1.53. The van der Waals surface area contributed by atoms with Crippen LogP contribution in [0.15, 0.2) is 30.3 Å². The molecule has 1 heterocycles. The molecule has 0 aliphatic carbocycles. The Labute approximate surface area is 86.5 Å². The van der Waals surface area contributed by atoms with Gasteiger partial charge in [-0.3, -0.25) is 0 Å². The Morgan fingerprint density at radius 1 is 1.29 bits per heavy atom. The second-order valence-corrected chi connectivity index (χ2v) is 7.30. The quantitative estimate of drug-likeness (QED) is 0.766. The Morgan fingerprint density at radius 3 is 2.50 bits per heavy atom. The van der Waals surface area contributed by atoms with Crippen LogP contribution in [-0.2, 0) is 4.43 Å². The summed E-state index contributed by atoms with van der Waals surface area (Å²) >= 11 is 0. The lowest BCUT2D eigenvalue weighted by Gasteiger charge is -2.39. The molecule has 1 aromatic carbocycles. The van der Waals surface area contributed by atoms with E-state index in [-0.39, 0.29) is 0 Å². The number of rotatable bonds is 4. The summed E-state index contributed by atoms with van der Waals surface area (Å²) in [5.74, 6) is 0. The topological polar surface area (TPSA) is 21.3 Å². The molecule has 1 aliphatic rings. The van der Waals surface area contributed by atoms with E-state index in [0.717, 1.165) is 6.61 Å². The van der Waals surface area contributed by atoms with Crippen LogP contribution >= 0.6 is 0 Å². The highest BCUT2D eigenvalue weighted by molar-refractivity contribution is 6.79. The van der Waals surface area contributed by atoms with Crippen molar-refractivity contribution >= 4 is 14.2 Å². The summed E-state index contributed by atoms with van der Waals surface area (Å²) in [6.07, 6.45) is 1.33. The number of benzene rings is 1. The third-order valence-corrected chi connectivity index (χ3v) is 6.64. The summed E-state index contributed by atoms with van der Waals surface area (Å²) in [4.78, 5) is 3.61. The number of hydrogen-bond acceptors (Lipinski definition) is 2. The summed E-state index contributed by atoms with van der Waals surface area (Å²) in [6, 6.07) is 12.9. The molecule has 3 heteroatoms. The molecule has 76 valence electrons. The molecule has 2 rings (SSSR count). The Balaban J connectivity index is 2.01. The molecule has 0 amide bonds. The second kappa shape index (κ2) is 4.15. The number of anilines is 1. The van der Waals surface area contributed by atoms with Crippen molar-refractivity contribution in [1.82, 2.24) is 0 Å². The molecular weight excluding hydrogens is 190 g/mol. The Bertz CT molecular complexity index is 285. The normalized spacial score (nSPS) is 18.6. The van der Waals surface area contributed by atoms with E-state index in [2.05, 4.69) is 36.2 Å². The van der Waals surface area contributed by atoms with Crippen LogP contribution in [-0.4, -0.2) is 15.1 Å². The minimum Gasteiger partial charge on any atom is -0.399 e. The van der Waals surface area contributed by atoms with Crippen molar-refractivity contribution in [2.75, 3.05) is 11.6 Å². The van der Waals surface area contributed by atoms with Crippen molar-refractivity contribution in [3.8, 4) is 0 Å². The van der Waals surface area contributed by atoms with Crippen molar-refractivity contribution < 1.29 is 4.43 Å². The molecule has 2 nitrogen and oxygen atoms in total. The van der Waals surface area contributed by atoms with E-state index in [9.17, 15) is 0 Å². The van der Waals surface area contributed by atoms with E-state index >= 15 is 0 Å². The van der Waals surface area contributed by atoms with Gasteiger partial charge in [-0.25, -0.2) is 0 Å². The number of hydrogen-bond donors (Lipinski definition) is 1. The molecule has 0 radical (unpaired) electrons. The highest BCUT2D eigenvalue weighted by Gasteiger charge is 2.42. The molecule has 0 aromatic heterocycles. The molecular formula is C11H17NOSi. The number of nitrogens with one attached hydrogen (secondary N) is 1. The first-order valence-corrected chi connectivity index (χ1v) is 7.64. The van der Waals surface area contributed by atoms with Crippen molar-refractivity contribution in [1.29, 1.82) is 0 Å². The zero-order chi connectivity index (χ0) is 9.86. The Hall–Kier alpha value is -0.803. The van der Waals surface area contributed by atoms with Gasteiger partial charge in [0.2, 0.25) is 0 Å². The molecule has 14 heavy (non-hydrogen) atoms. The molecule has 0 saturated carbocycles. The molecule has 1 aliphatic heterocycles. The zero-order valence-electron chi connectivity index (χ0n) is 8.62. The third-order valence-electron chi connectivity index (χ3n) is 2.73. The van der Waals surface area contributed by atoms with Crippen LogP contribution in [0.3, 0.4) is 0 Å². The summed E-state index contributed by atoms with van der Waals surface area (Å²) in [6.45, 7) is 2.92. The van der Waals surface area contributed by atoms with Gasteiger partial charge in [-0.2, -0.15) is 0 Å². The van der Waals surface area contributed by atoms with Gasteiger partial charge in [0.05, 0.1) is 0 Å². The summed E-state index contributed by atoms with van der Waals surface area (Å²) in [5, 5.41) is 0. The van der Waals surface area contributed by atoms with Crippen LogP contribution < -0.4 is 4.98 Å². The monoisotopic (exact) mass is 207 g/mol. The van der Waals surface area contributed by atoms with Crippen LogP contribution in [0.1, 0.15) is 13.3 Å². The van der Waals surface area contributed by atoms with Gasteiger partial charge in [-0.05, 0) is 31.1 Å². The molecule has 0 unspecified atom stereocenters. The van der Waals surface area contributed by atoms with E-state index in [1.54, 1.807) is 0 Å². The minimum absolute atomic E-state index is 0.839. The SMILES string of the molecule is CCO[Si]1(Nc2ccccc2)CCC1. The lowest BCUT2D eigenvalue weighted by atomic mass is 10.3. The van der Waals surface area contributed by atoms with E-state index < -0.39 is 8.48 Å². The van der Waals surface area contributed by atoms with E-state index in [1.807, 2.05) is 6.07 Å². The highest BCUT2D eigenvalue weighted by Crippen LogP contribution is 2.33. The van der Waals surface area contributed by atoms with E-state index in [4.69, 9.17) is 4.43 Å². The molecule has 1 fully saturated rings. The second-order valence-electron chi connectivity index (χ2n) is 3.77. The zero-order valence-corrected chi connectivity index (χ0v) is 9.62. The Kier molecular flexibility index (Phi) is 2.89. The lowest BCUT2D eigenvalue weighted by molar-refractivity contribution is 0.310. The number of para-hydroxylation sites is 1. The summed E-state index contributed by atoms with van der Waals surface area (Å²) in [5.41, 5.74) is 1.22. The van der Waals surface area contributed by atoms with Gasteiger partial charge >= 0.3 is 0 Å². The van der Waals surface area contributed by atoms with Crippen molar-refractivity contribution in [3.05, 3.63) is 30.3 Å². The molecule has 1 N–H and O–H groups in total. The Morgan fingerprint density at radius 2 is 2.00 bits per heavy atom. The largest absolute Gasteiger partial charge is 0.399 e. The van der Waals surface area contributed by atoms with Crippen LogP contribution in [0.4, 0.5) is 5.69 Å². The van der Waals surface area contributed by atoms with Crippen LogP contribution in [0.25, 0.3) is 0 Å². The van der Waals surface area contributed by atoms with Gasteiger partial charge in [-0.1, -0.05) is 24.6 Å². The van der Waals surface area contributed by atoms with Gasteiger partial charge in [0.25, 0.3) is 8.48 Å². The average Bonchev–Trinajstić information content (AvgIpc) is 2.16. The first-order chi connectivity index (χ1) is 6.85. The van der Waals surface area contributed by atoms with E-state index in [0.29, 0.717) is 0 Å². The van der Waals surface area contributed by atoms with Gasteiger partial charge < -0.3 is 9.41 Å². The molecule has 0 spiro atoms. The predicted octanol–water partition coefficient (Wildman–Crippen LogP) is 2.98. The first-order valence-electron chi connectivity index (χ1n) is 5.32. The maximum absolute atomic E-state index is 5.90. The molecule has 0 atom stereocenters. The average molecular weight is 207 g/mol. The van der Waals surface area contributed by atoms with Gasteiger partial charge in [0, 0.05) is 12.3 Å². The van der Waals surface area contributed by atoms with Crippen LogP contribution in [0, 0.1) is 0 Å². The van der Waals surface area contributed by atoms with E-state index in [1.165, 1.54) is 24.2 Å². The maximum atomic E-state index is 5.90. The van der Waals surface area contributed by atoms with Crippen molar-refractivity contribution in [2.24, 2.45) is 0 Å². The fraction of sp³-hybridized carbons (Fsp3) is 0.455. The predicted molar refractivity (Wildman–Crippen MR) is 61.7 cm³/mol. The lowest BCUT2D eigenvalue weighted by Crippen LogP contribution is -2.52. The van der Waals surface area contributed by atoms with Crippen molar-refractivity contribution in [3.63, 3.8) is 0 Å². The summed E-state index contributed by atoms with van der Waals surface area (Å²) < 4.78 is 5.90. The fourth-order valence-corrected chi connectivity index (χ4v) is 4.72. The molecule has 0 bridgehead atoms. The molecule has 1 saturated heterocycles. The van der Waals surface area contributed by atoms with Crippen molar-refractivity contribution in [2.45, 2.75) is 25.4 Å². The smallest absolute Gasteiger partial charge is 0.298 e. The fourth-order valence-electron chi connectivity index (χ4n) is 1.86. The van der Waals surface area contributed by atoms with Gasteiger partial charge in [0.15, 0.2) is 0 Å². The maximum Gasteiger partial charge on any atom is 0.298 e. The standard InChI is InChI=1S/C11H17NOSi/c1-2-13-14(9-6-10-14)12-11-7-4-3-5-8-11/h3-5,7-8,12H,2,6,9-10H2,1H3. The minimum atomic E-state index is -1.53. The first kappa shape index (κ1) is 9.74. The highest BCUT2D eigenvalue weighted by atomic mass is 28.4. The van der Waals surface area contributed by atoms with Crippen LogP contribution in [0.5, 0.6) is 0 Å².